The van der Waals surface area contributed by atoms with Gasteiger partial charge in [0.15, 0.2) is 5.43 Å². The van der Waals surface area contributed by atoms with Crippen LogP contribution in [0.1, 0.15) is 135 Å². The van der Waals surface area contributed by atoms with Crippen molar-refractivity contribution in [1.29, 1.82) is 0 Å². The van der Waals surface area contributed by atoms with Gasteiger partial charge in [-0.05, 0) is 26.7 Å². The van der Waals surface area contributed by atoms with Crippen molar-refractivity contribution in [2.75, 3.05) is 6.61 Å². The first-order valence-electron chi connectivity index (χ1n) is 13.8. The maximum absolute atomic E-state index is 12.2. The number of ether oxygens (including phenoxy) is 1. The highest BCUT2D eigenvalue weighted by Crippen LogP contribution is 2.20. The Hall–Kier alpha value is -1.62. The van der Waals surface area contributed by atoms with E-state index in [-0.39, 0.29) is 18.5 Å². The first kappa shape index (κ1) is 30.4. The fraction of sp³-hybridized carbons (Fsp3) is 0.793. The van der Waals surface area contributed by atoms with Gasteiger partial charge < -0.3 is 14.3 Å². The Balaban J connectivity index is 1.95. The third kappa shape index (κ3) is 14.6. The Morgan fingerprint density at radius 1 is 0.853 bits per heavy atom. The minimum Gasteiger partial charge on any atom is -0.481 e. The lowest BCUT2D eigenvalue weighted by molar-refractivity contribution is -0.146. The van der Waals surface area contributed by atoms with Gasteiger partial charge in [0.25, 0.3) is 0 Å². The number of aliphatic carboxylic acids is 1. The van der Waals surface area contributed by atoms with Crippen LogP contribution in [0.4, 0.5) is 0 Å². The Morgan fingerprint density at radius 3 is 1.76 bits per heavy atom. The van der Waals surface area contributed by atoms with Gasteiger partial charge in [-0.2, -0.15) is 0 Å². The molecule has 5 heteroatoms. The fourth-order valence-corrected chi connectivity index (χ4v) is 4.16. The molecule has 1 rings (SSSR count). The number of carboxylic acid groups (broad SMARTS) is 1. The van der Waals surface area contributed by atoms with Crippen LogP contribution in [-0.2, 0) is 22.6 Å². The van der Waals surface area contributed by atoms with Gasteiger partial charge in [0.2, 0.25) is 0 Å². The van der Waals surface area contributed by atoms with E-state index in [1.54, 1.807) is 13.8 Å². The van der Waals surface area contributed by atoms with Gasteiger partial charge in [-0.3, -0.25) is 9.59 Å². The smallest absolute Gasteiger partial charge is 0.309 e. The molecule has 0 saturated carbocycles. The summed E-state index contributed by atoms with van der Waals surface area (Å²) in [6.07, 6.45) is 23.0. The molecule has 0 spiro atoms. The minimum atomic E-state index is -1.00. The number of carbonyl (C=O) groups is 1. The lowest BCUT2D eigenvalue weighted by Gasteiger charge is -2.18. The molecular weight excluding hydrogens is 428 g/mol. The second-order valence-electron chi connectivity index (χ2n) is 10.5. The third-order valence-corrected chi connectivity index (χ3v) is 6.56. The van der Waals surface area contributed by atoms with Gasteiger partial charge in [-0.1, -0.05) is 103 Å². The third-order valence-electron chi connectivity index (χ3n) is 6.56. The Kier molecular flexibility index (Phi) is 16.7. The molecule has 196 valence electrons. The summed E-state index contributed by atoms with van der Waals surface area (Å²) in [6.45, 7) is 6.41. The van der Waals surface area contributed by atoms with Crippen molar-refractivity contribution in [3.8, 4) is 0 Å². The molecule has 0 radical (unpaired) electrons. The highest BCUT2D eigenvalue weighted by Gasteiger charge is 2.28. The van der Waals surface area contributed by atoms with Crippen molar-refractivity contribution in [2.24, 2.45) is 5.41 Å². The van der Waals surface area contributed by atoms with E-state index < -0.39 is 11.4 Å². The largest absolute Gasteiger partial charge is 0.481 e. The average molecular weight is 479 g/mol. The summed E-state index contributed by atoms with van der Waals surface area (Å²) in [4.78, 5) is 23.5. The van der Waals surface area contributed by atoms with Crippen LogP contribution in [0.5, 0.6) is 0 Å². The summed E-state index contributed by atoms with van der Waals surface area (Å²) in [5.41, 5.74) is -0.810. The van der Waals surface area contributed by atoms with Gasteiger partial charge >= 0.3 is 5.97 Å². The maximum Gasteiger partial charge on any atom is 0.309 e. The van der Waals surface area contributed by atoms with Crippen LogP contribution in [0.3, 0.4) is 0 Å². The zero-order valence-electron chi connectivity index (χ0n) is 22.2. The minimum absolute atomic E-state index is 0.144. The summed E-state index contributed by atoms with van der Waals surface area (Å²) in [7, 11) is 0. The molecule has 0 bridgehead atoms. The molecule has 1 N–H and O–H groups in total. The van der Waals surface area contributed by atoms with Crippen LogP contribution in [-0.4, -0.2) is 17.7 Å². The molecule has 0 unspecified atom stereocenters. The summed E-state index contributed by atoms with van der Waals surface area (Å²) < 4.78 is 11.1. The average Bonchev–Trinajstić information content (AvgIpc) is 2.79. The topological polar surface area (TPSA) is 76.7 Å². The summed E-state index contributed by atoms with van der Waals surface area (Å²) >= 11 is 0. The molecule has 1 aromatic heterocycles. The molecule has 0 aliphatic rings. The standard InChI is InChI=1S/C29H50O5/c1-4-5-6-7-8-9-10-11-12-13-14-15-16-17-18-19-20-33-24-26-21-27(30)25(23-34-26)22-29(2,3)28(31)32/h21,23H,4-20,22,24H2,1-3H3,(H,31,32). The number of hydrogen-bond acceptors (Lipinski definition) is 4. The number of hydrogen-bond donors (Lipinski definition) is 1. The lowest BCUT2D eigenvalue weighted by atomic mass is 9.86. The molecule has 0 amide bonds. The number of rotatable bonds is 22. The van der Waals surface area contributed by atoms with Gasteiger partial charge in [0, 0.05) is 18.2 Å². The molecule has 1 aromatic rings. The van der Waals surface area contributed by atoms with Crippen LogP contribution in [0.15, 0.2) is 21.5 Å². The molecule has 1 heterocycles. The molecule has 0 aliphatic carbocycles. The van der Waals surface area contributed by atoms with Crippen LogP contribution in [0.2, 0.25) is 0 Å². The first-order valence-corrected chi connectivity index (χ1v) is 13.8. The Labute approximate surface area is 207 Å². The summed E-state index contributed by atoms with van der Waals surface area (Å²) in [6, 6.07) is 1.42. The van der Waals surface area contributed by atoms with E-state index in [1.165, 1.54) is 109 Å². The molecule has 34 heavy (non-hydrogen) atoms. The van der Waals surface area contributed by atoms with Gasteiger partial charge in [0.05, 0.1) is 11.7 Å². The van der Waals surface area contributed by atoms with Gasteiger partial charge in [-0.15, -0.1) is 0 Å². The van der Waals surface area contributed by atoms with Crippen molar-refractivity contribution in [2.45, 2.75) is 137 Å². The quantitative estimate of drug-likeness (QED) is 0.170. The van der Waals surface area contributed by atoms with Gasteiger partial charge in [-0.25, -0.2) is 0 Å². The van der Waals surface area contributed by atoms with E-state index in [2.05, 4.69) is 6.92 Å². The van der Waals surface area contributed by atoms with Crippen molar-refractivity contribution in [3.63, 3.8) is 0 Å². The highest BCUT2D eigenvalue weighted by atomic mass is 16.5. The SMILES string of the molecule is CCCCCCCCCCCCCCCCCCOCc1cc(=O)c(CC(C)(C)C(=O)O)co1. The van der Waals surface area contributed by atoms with Gasteiger partial charge in [0.1, 0.15) is 12.4 Å². The van der Waals surface area contributed by atoms with Crippen LogP contribution in [0.25, 0.3) is 0 Å². The Bertz CT molecular complexity index is 707. The first-order chi connectivity index (χ1) is 16.4. The second kappa shape index (κ2) is 18.7. The zero-order chi connectivity index (χ0) is 25.1. The predicted molar refractivity (Wildman–Crippen MR) is 139 cm³/mol. The monoisotopic (exact) mass is 478 g/mol. The molecular formula is C29H50O5. The lowest BCUT2D eigenvalue weighted by Crippen LogP contribution is -2.28. The normalized spacial score (nSPS) is 11.7. The summed E-state index contributed by atoms with van der Waals surface area (Å²) in [5.74, 6) is -0.448. The van der Waals surface area contributed by atoms with E-state index in [0.717, 1.165) is 6.42 Å². The maximum atomic E-state index is 12.2. The second-order valence-corrected chi connectivity index (χ2v) is 10.5. The molecule has 0 fully saturated rings. The number of carboxylic acids is 1. The molecule has 0 saturated heterocycles. The van der Waals surface area contributed by atoms with Crippen molar-refractivity contribution < 1.29 is 19.1 Å². The van der Waals surface area contributed by atoms with Crippen molar-refractivity contribution in [3.05, 3.63) is 33.9 Å². The highest BCUT2D eigenvalue weighted by molar-refractivity contribution is 5.74. The number of unbranched alkanes of at least 4 members (excludes halogenated alkanes) is 15. The van der Waals surface area contributed by atoms with E-state index in [0.29, 0.717) is 17.9 Å². The fourth-order valence-electron chi connectivity index (χ4n) is 4.16. The molecule has 0 aromatic carbocycles. The van der Waals surface area contributed by atoms with Crippen LogP contribution in [0, 0.1) is 5.41 Å². The van der Waals surface area contributed by atoms with E-state index >= 15 is 0 Å². The van der Waals surface area contributed by atoms with Crippen LogP contribution >= 0.6 is 0 Å². The zero-order valence-corrected chi connectivity index (χ0v) is 22.2. The Morgan fingerprint density at radius 2 is 1.32 bits per heavy atom. The molecule has 0 atom stereocenters. The van der Waals surface area contributed by atoms with Crippen LogP contribution < -0.4 is 5.43 Å². The molecule has 5 nitrogen and oxygen atoms in total. The predicted octanol–water partition coefficient (Wildman–Crippen LogP) is 8.07. The van der Waals surface area contributed by atoms with E-state index in [9.17, 15) is 14.7 Å². The summed E-state index contributed by atoms with van der Waals surface area (Å²) in [5, 5.41) is 9.22. The van der Waals surface area contributed by atoms with E-state index in [4.69, 9.17) is 9.15 Å². The van der Waals surface area contributed by atoms with E-state index in [1.807, 2.05) is 0 Å². The van der Waals surface area contributed by atoms with Crippen molar-refractivity contribution in [1.82, 2.24) is 0 Å². The van der Waals surface area contributed by atoms with Crippen molar-refractivity contribution >= 4 is 5.97 Å². The molecule has 0 aliphatic heterocycles.